The van der Waals surface area contributed by atoms with E-state index in [2.05, 4.69) is 4.98 Å². The van der Waals surface area contributed by atoms with Crippen molar-refractivity contribution < 1.29 is 9.18 Å². The fourth-order valence-corrected chi connectivity index (χ4v) is 3.04. The molecule has 1 aromatic heterocycles. The lowest BCUT2D eigenvalue weighted by atomic mass is 10.0. The first-order valence-electron chi connectivity index (χ1n) is 7.34. The standard InChI is InChI=1S/C19H16FNOS/c1-12-3-8-16(17(20)9-12)19(22)10-14-4-6-15(7-5-14)18-11-23-13(2)21-18/h3-9,11H,10H2,1-2H3. The molecule has 23 heavy (non-hydrogen) atoms. The molecule has 0 aliphatic carbocycles. The predicted octanol–water partition coefficient (Wildman–Crippen LogP) is 4.99. The van der Waals surface area contributed by atoms with E-state index in [0.717, 1.165) is 27.4 Å². The molecule has 0 atom stereocenters. The van der Waals surface area contributed by atoms with Gasteiger partial charge in [0.05, 0.1) is 16.3 Å². The maximum atomic E-state index is 13.9. The largest absolute Gasteiger partial charge is 0.294 e. The van der Waals surface area contributed by atoms with Crippen LogP contribution in [0.3, 0.4) is 0 Å². The Bertz CT molecular complexity index is 852. The summed E-state index contributed by atoms with van der Waals surface area (Å²) < 4.78 is 13.9. The van der Waals surface area contributed by atoms with Crippen LogP contribution in [-0.2, 0) is 6.42 Å². The Morgan fingerprint density at radius 1 is 1.13 bits per heavy atom. The van der Waals surface area contributed by atoms with Crippen molar-refractivity contribution in [3.63, 3.8) is 0 Å². The molecule has 3 rings (SSSR count). The van der Waals surface area contributed by atoms with E-state index in [1.807, 2.05) is 36.6 Å². The highest BCUT2D eigenvalue weighted by molar-refractivity contribution is 7.09. The molecule has 0 radical (unpaired) electrons. The Morgan fingerprint density at radius 2 is 1.87 bits per heavy atom. The summed E-state index contributed by atoms with van der Waals surface area (Å²) in [6, 6.07) is 12.4. The monoisotopic (exact) mass is 325 g/mol. The van der Waals surface area contributed by atoms with E-state index in [1.54, 1.807) is 30.4 Å². The molecule has 0 saturated heterocycles. The van der Waals surface area contributed by atoms with Crippen LogP contribution in [0, 0.1) is 19.7 Å². The van der Waals surface area contributed by atoms with Gasteiger partial charge >= 0.3 is 0 Å². The zero-order chi connectivity index (χ0) is 16.4. The number of thiazole rings is 1. The predicted molar refractivity (Wildman–Crippen MR) is 91.5 cm³/mol. The lowest BCUT2D eigenvalue weighted by Gasteiger charge is -2.05. The van der Waals surface area contributed by atoms with Crippen molar-refractivity contribution in [2.45, 2.75) is 20.3 Å². The molecule has 0 aliphatic heterocycles. The van der Waals surface area contributed by atoms with Crippen LogP contribution in [0.2, 0.25) is 0 Å². The Labute approximate surface area is 138 Å². The zero-order valence-corrected chi connectivity index (χ0v) is 13.8. The lowest BCUT2D eigenvalue weighted by Crippen LogP contribution is -2.06. The molecule has 1 heterocycles. The van der Waals surface area contributed by atoms with E-state index in [-0.39, 0.29) is 17.8 Å². The second-order valence-electron chi connectivity index (χ2n) is 5.53. The first-order chi connectivity index (χ1) is 11.0. The number of hydrogen-bond donors (Lipinski definition) is 0. The molecule has 0 spiro atoms. The highest BCUT2D eigenvalue weighted by Gasteiger charge is 2.12. The van der Waals surface area contributed by atoms with Gasteiger partial charge in [0.1, 0.15) is 5.82 Å². The number of halogens is 1. The van der Waals surface area contributed by atoms with Crippen LogP contribution in [0.25, 0.3) is 11.3 Å². The number of nitrogens with zero attached hydrogens (tertiary/aromatic N) is 1. The van der Waals surface area contributed by atoms with Gasteiger partial charge in [-0.2, -0.15) is 0 Å². The van der Waals surface area contributed by atoms with Gasteiger partial charge in [0.25, 0.3) is 0 Å². The quantitative estimate of drug-likeness (QED) is 0.632. The van der Waals surface area contributed by atoms with E-state index in [1.165, 1.54) is 6.07 Å². The van der Waals surface area contributed by atoms with Crippen LogP contribution < -0.4 is 0 Å². The van der Waals surface area contributed by atoms with Gasteiger partial charge in [-0.05, 0) is 37.1 Å². The minimum absolute atomic E-state index is 0.148. The van der Waals surface area contributed by atoms with Gasteiger partial charge in [-0.25, -0.2) is 9.37 Å². The molecule has 0 N–H and O–H groups in total. The molecular formula is C19H16FNOS. The van der Waals surface area contributed by atoms with Crippen molar-refractivity contribution >= 4 is 17.1 Å². The SMILES string of the molecule is Cc1ccc(C(=O)Cc2ccc(-c3csc(C)n3)cc2)c(F)c1. The summed E-state index contributed by atoms with van der Waals surface area (Å²) in [5.41, 5.74) is 3.78. The maximum Gasteiger partial charge on any atom is 0.170 e. The molecule has 4 heteroatoms. The molecular weight excluding hydrogens is 309 g/mol. The van der Waals surface area contributed by atoms with E-state index < -0.39 is 5.82 Å². The number of rotatable bonds is 4. The van der Waals surface area contributed by atoms with Gasteiger partial charge in [-0.3, -0.25) is 4.79 Å². The van der Waals surface area contributed by atoms with E-state index in [4.69, 9.17) is 0 Å². The molecule has 0 unspecified atom stereocenters. The minimum Gasteiger partial charge on any atom is -0.294 e. The van der Waals surface area contributed by atoms with Crippen LogP contribution in [0.1, 0.15) is 26.5 Å². The summed E-state index contributed by atoms with van der Waals surface area (Å²) in [6.07, 6.45) is 0.191. The highest BCUT2D eigenvalue weighted by atomic mass is 32.1. The third kappa shape index (κ3) is 3.54. The molecule has 2 aromatic carbocycles. The second-order valence-corrected chi connectivity index (χ2v) is 6.59. The number of carbonyl (C=O) groups excluding carboxylic acids is 1. The van der Waals surface area contributed by atoms with Crippen LogP contribution in [0.4, 0.5) is 4.39 Å². The Hall–Kier alpha value is -2.33. The molecule has 0 bridgehead atoms. The number of carbonyl (C=O) groups is 1. The topological polar surface area (TPSA) is 30.0 Å². The molecule has 0 amide bonds. The van der Waals surface area contributed by atoms with Crippen molar-refractivity contribution in [2.75, 3.05) is 0 Å². The normalized spacial score (nSPS) is 10.7. The second kappa shape index (κ2) is 6.42. The van der Waals surface area contributed by atoms with Gasteiger partial charge < -0.3 is 0 Å². The fraction of sp³-hybridized carbons (Fsp3) is 0.158. The fourth-order valence-electron chi connectivity index (χ4n) is 2.42. The summed E-state index contributed by atoms with van der Waals surface area (Å²) in [5, 5.41) is 3.03. The summed E-state index contributed by atoms with van der Waals surface area (Å²) >= 11 is 1.61. The highest BCUT2D eigenvalue weighted by Crippen LogP contribution is 2.22. The maximum absolute atomic E-state index is 13.9. The third-order valence-corrected chi connectivity index (χ3v) is 4.43. The minimum atomic E-state index is -0.454. The number of aryl methyl sites for hydroxylation is 2. The van der Waals surface area contributed by atoms with E-state index in [0.29, 0.717) is 0 Å². The third-order valence-electron chi connectivity index (χ3n) is 3.66. The van der Waals surface area contributed by atoms with Gasteiger partial charge in [-0.1, -0.05) is 30.3 Å². The van der Waals surface area contributed by atoms with Crippen molar-refractivity contribution in [2.24, 2.45) is 0 Å². The molecule has 3 aromatic rings. The van der Waals surface area contributed by atoms with E-state index >= 15 is 0 Å². The summed E-state index contributed by atoms with van der Waals surface area (Å²) in [7, 11) is 0. The van der Waals surface area contributed by atoms with Crippen LogP contribution in [0.5, 0.6) is 0 Å². The smallest absolute Gasteiger partial charge is 0.170 e. The number of benzene rings is 2. The van der Waals surface area contributed by atoms with Crippen molar-refractivity contribution in [1.82, 2.24) is 4.98 Å². The van der Waals surface area contributed by atoms with Crippen LogP contribution in [-0.4, -0.2) is 10.8 Å². The first-order valence-corrected chi connectivity index (χ1v) is 8.21. The average Bonchev–Trinajstić information content (AvgIpc) is 2.94. The molecule has 0 saturated carbocycles. The summed E-state index contributed by atoms with van der Waals surface area (Å²) in [6.45, 7) is 3.77. The summed E-state index contributed by atoms with van der Waals surface area (Å²) in [5.74, 6) is -0.663. The molecule has 116 valence electrons. The van der Waals surface area contributed by atoms with Crippen molar-refractivity contribution in [1.29, 1.82) is 0 Å². The van der Waals surface area contributed by atoms with Gasteiger partial charge in [0.2, 0.25) is 0 Å². The average molecular weight is 325 g/mol. The van der Waals surface area contributed by atoms with Crippen LogP contribution >= 0.6 is 11.3 Å². The molecule has 0 fully saturated rings. The zero-order valence-electron chi connectivity index (χ0n) is 13.0. The Kier molecular flexibility index (Phi) is 4.35. The Morgan fingerprint density at radius 3 is 2.48 bits per heavy atom. The summed E-state index contributed by atoms with van der Waals surface area (Å²) in [4.78, 5) is 16.7. The van der Waals surface area contributed by atoms with Gasteiger partial charge in [0.15, 0.2) is 5.78 Å². The number of hydrogen-bond acceptors (Lipinski definition) is 3. The molecule has 0 aliphatic rings. The van der Waals surface area contributed by atoms with Gasteiger partial charge in [-0.15, -0.1) is 11.3 Å². The molecule has 2 nitrogen and oxygen atoms in total. The lowest BCUT2D eigenvalue weighted by molar-refractivity contribution is 0.0989. The van der Waals surface area contributed by atoms with Crippen molar-refractivity contribution in [3.05, 3.63) is 75.4 Å². The first kappa shape index (κ1) is 15.6. The number of Topliss-reactive ketones (excluding diaryl/α,β-unsaturated/α-hetero) is 1. The van der Waals surface area contributed by atoms with E-state index in [9.17, 15) is 9.18 Å². The Balaban J connectivity index is 1.76. The van der Waals surface area contributed by atoms with Crippen molar-refractivity contribution in [3.8, 4) is 11.3 Å². The van der Waals surface area contributed by atoms with Gasteiger partial charge in [0, 0.05) is 17.4 Å². The van der Waals surface area contributed by atoms with Crippen LogP contribution in [0.15, 0.2) is 47.8 Å². The number of ketones is 1. The number of aromatic nitrogens is 1.